The minimum absolute atomic E-state index is 0.0260. The van der Waals surface area contributed by atoms with E-state index in [1.807, 2.05) is 25.1 Å². The molecule has 0 fully saturated rings. The summed E-state index contributed by atoms with van der Waals surface area (Å²) in [7, 11) is 0. The summed E-state index contributed by atoms with van der Waals surface area (Å²) in [5.41, 5.74) is 8.45. The Labute approximate surface area is 96.0 Å². The summed E-state index contributed by atoms with van der Waals surface area (Å²) in [4.78, 5) is 10.6. The number of benzene rings is 1. The van der Waals surface area contributed by atoms with Crippen molar-refractivity contribution in [1.29, 1.82) is 0 Å². The zero-order chi connectivity index (χ0) is 12.0. The molecule has 0 saturated heterocycles. The fraction of sp³-hybridized carbons (Fsp3) is 0.308. The van der Waals surface area contributed by atoms with Gasteiger partial charge >= 0.3 is 0 Å². The van der Waals surface area contributed by atoms with Crippen molar-refractivity contribution < 1.29 is 4.79 Å². The maximum Gasteiger partial charge on any atom is 0.216 e. The summed E-state index contributed by atoms with van der Waals surface area (Å²) >= 11 is 0. The number of rotatable bonds is 2. The van der Waals surface area contributed by atoms with Crippen LogP contribution in [0.2, 0.25) is 0 Å². The van der Waals surface area contributed by atoms with Gasteiger partial charge in [0.25, 0.3) is 0 Å². The van der Waals surface area contributed by atoms with Gasteiger partial charge in [-0.25, -0.2) is 0 Å². The van der Waals surface area contributed by atoms with E-state index in [1.54, 1.807) is 0 Å². The predicted octanol–water partition coefficient (Wildman–Crippen LogP) is 1.45. The summed E-state index contributed by atoms with van der Waals surface area (Å²) < 4.78 is 0. The van der Waals surface area contributed by atoms with Crippen molar-refractivity contribution in [3.05, 3.63) is 29.3 Å². The van der Waals surface area contributed by atoms with Crippen molar-refractivity contribution in [1.82, 2.24) is 5.32 Å². The molecule has 0 bridgehead atoms. The van der Waals surface area contributed by atoms with Crippen LogP contribution in [0.25, 0.3) is 0 Å². The van der Waals surface area contributed by atoms with E-state index in [4.69, 9.17) is 5.73 Å². The first-order valence-electron chi connectivity index (χ1n) is 5.19. The second-order valence-corrected chi connectivity index (χ2v) is 3.61. The first kappa shape index (κ1) is 12.1. The Hall–Kier alpha value is -1.95. The molecular formula is C13H16N2O. The average Bonchev–Trinajstić information content (AvgIpc) is 2.22. The molecule has 3 nitrogen and oxygen atoms in total. The molecule has 1 aromatic rings. The first-order chi connectivity index (χ1) is 7.59. The number of anilines is 1. The van der Waals surface area contributed by atoms with Crippen molar-refractivity contribution >= 4 is 11.6 Å². The molecule has 0 spiro atoms. The first-order valence-corrected chi connectivity index (χ1v) is 5.19. The maximum absolute atomic E-state index is 10.6. The molecule has 0 atom stereocenters. The van der Waals surface area contributed by atoms with Crippen LogP contribution in [0.15, 0.2) is 18.2 Å². The zero-order valence-electron chi connectivity index (χ0n) is 9.63. The Bertz CT molecular complexity index is 441. The zero-order valence-corrected chi connectivity index (χ0v) is 9.63. The molecule has 0 heterocycles. The summed E-state index contributed by atoms with van der Waals surface area (Å²) in [6.45, 7) is 4.08. The van der Waals surface area contributed by atoms with Gasteiger partial charge in [0, 0.05) is 31.1 Å². The fourth-order valence-corrected chi connectivity index (χ4v) is 1.23. The van der Waals surface area contributed by atoms with Gasteiger partial charge in [0.05, 0.1) is 0 Å². The third-order valence-corrected chi connectivity index (χ3v) is 2.11. The minimum Gasteiger partial charge on any atom is -0.399 e. The van der Waals surface area contributed by atoms with Crippen LogP contribution in [0.3, 0.4) is 0 Å². The topological polar surface area (TPSA) is 55.1 Å². The highest BCUT2D eigenvalue weighted by molar-refractivity contribution is 5.72. The Morgan fingerprint density at radius 1 is 1.50 bits per heavy atom. The summed E-state index contributed by atoms with van der Waals surface area (Å²) in [6.07, 6.45) is 0.647. The van der Waals surface area contributed by atoms with E-state index in [0.29, 0.717) is 13.0 Å². The van der Waals surface area contributed by atoms with Gasteiger partial charge in [0.2, 0.25) is 5.91 Å². The molecule has 0 aliphatic carbocycles. The van der Waals surface area contributed by atoms with Crippen LogP contribution in [0, 0.1) is 18.8 Å². The van der Waals surface area contributed by atoms with E-state index < -0.39 is 0 Å². The van der Waals surface area contributed by atoms with Crippen LogP contribution in [-0.4, -0.2) is 12.5 Å². The van der Waals surface area contributed by atoms with Gasteiger partial charge in [-0.15, -0.1) is 0 Å². The molecule has 0 aliphatic heterocycles. The number of amides is 1. The molecule has 1 rings (SSSR count). The molecule has 16 heavy (non-hydrogen) atoms. The number of nitrogen functional groups attached to an aromatic ring is 1. The van der Waals surface area contributed by atoms with E-state index in [1.165, 1.54) is 6.92 Å². The lowest BCUT2D eigenvalue weighted by molar-refractivity contribution is -0.118. The quantitative estimate of drug-likeness (QED) is 0.446. The third kappa shape index (κ3) is 4.05. The predicted molar refractivity (Wildman–Crippen MR) is 65.8 cm³/mol. The van der Waals surface area contributed by atoms with Gasteiger partial charge in [-0.3, -0.25) is 4.79 Å². The number of nitrogens with two attached hydrogens (primary N) is 1. The molecule has 0 aliphatic rings. The highest BCUT2D eigenvalue weighted by Crippen LogP contribution is 2.10. The van der Waals surface area contributed by atoms with Crippen molar-refractivity contribution in [3.63, 3.8) is 0 Å². The Morgan fingerprint density at radius 2 is 2.25 bits per heavy atom. The summed E-state index contributed by atoms with van der Waals surface area (Å²) in [6, 6.07) is 5.67. The molecule has 0 radical (unpaired) electrons. The van der Waals surface area contributed by atoms with Crippen LogP contribution < -0.4 is 11.1 Å². The standard InChI is InChI=1S/C13H16N2O/c1-10-6-7-13(14)9-12(10)5-3-4-8-15-11(2)16/h6-7,9H,4,8,14H2,1-2H3,(H,15,16). The van der Waals surface area contributed by atoms with Gasteiger partial charge in [-0.1, -0.05) is 17.9 Å². The molecule has 0 saturated carbocycles. The third-order valence-electron chi connectivity index (χ3n) is 2.11. The lowest BCUT2D eigenvalue weighted by atomic mass is 10.1. The highest BCUT2D eigenvalue weighted by Gasteiger charge is 1.94. The average molecular weight is 216 g/mol. The number of aryl methyl sites for hydroxylation is 1. The molecule has 0 unspecified atom stereocenters. The monoisotopic (exact) mass is 216 g/mol. The lowest BCUT2D eigenvalue weighted by Gasteiger charge is -1.99. The number of carbonyl (C=O) groups is 1. The highest BCUT2D eigenvalue weighted by atomic mass is 16.1. The Morgan fingerprint density at radius 3 is 2.94 bits per heavy atom. The maximum atomic E-state index is 10.6. The molecule has 1 aromatic carbocycles. The summed E-state index contributed by atoms with van der Waals surface area (Å²) in [5.74, 6) is 6.03. The smallest absolute Gasteiger partial charge is 0.216 e. The lowest BCUT2D eigenvalue weighted by Crippen LogP contribution is -2.20. The second kappa shape index (κ2) is 5.82. The minimum atomic E-state index is -0.0260. The van der Waals surface area contributed by atoms with Gasteiger partial charge in [-0.05, 0) is 24.6 Å². The number of hydrogen-bond acceptors (Lipinski definition) is 2. The largest absolute Gasteiger partial charge is 0.399 e. The van der Waals surface area contributed by atoms with Crippen LogP contribution in [0.1, 0.15) is 24.5 Å². The van der Waals surface area contributed by atoms with Crippen LogP contribution in [-0.2, 0) is 4.79 Å². The molecule has 0 aromatic heterocycles. The van der Waals surface area contributed by atoms with E-state index in [-0.39, 0.29) is 5.91 Å². The van der Waals surface area contributed by atoms with Crippen molar-refractivity contribution in [2.45, 2.75) is 20.3 Å². The normalized spacial score (nSPS) is 9.12. The van der Waals surface area contributed by atoms with E-state index in [0.717, 1.165) is 16.8 Å². The molecular weight excluding hydrogens is 200 g/mol. The van der Waals surface area contributed by atoms with Gasteiger partial charge in [0.1, 0.15) is 0 Å². The summed E-state index contributed by atoms with van der Waals surface area (Å²) in [5, 5.41) is 2.69. The molecule has 1 amide bonds. The number of hydrogen-bond donors (Lipinski definition) is 2. The van der Waals surface area contributed by atoms with E-state index >= 15 is 0 Å². The van der Waals surface area contributed by atoms with Crippen LogP contribution in [0.5, 0.6) is 0 Å². The van der Waals surface area contributed by atoms with E-state index in [9.17, 15) is 4.79 Å². The molecule has 3 heteroatoms. The number of carbonyl (C=O) groups excluding carboxylic acids is 1. The Kier molecular flexibility index (Phi) is 4.41. The van der Waals surface area contributed by atoms with Crippen molar-refractivity contribution in [2.75, 3.05) is 12.3 Å². The SMILES string of the molecule is CC(=O)NCCC#Cc1cc(N)ccc1C. The molecule has 3 N–H and O–H groups in total. The fourth-order valence-electron chi connectivity index (χ4n) is 1.23. The van der Waals surface area contributed by atoms with Crippen LogP contribution in [0.4, 0.5) is 5.69 Å². The number of nitrogens with one attached hydrogen (secondary N) is 1. The Balaban J connectivity index is 2.56. The second-order valence-electron chi connectivity index (χ2n) is 3.61. The van der Waals surface area contributed by atoms with Gasteiger partial charge < -0.3 is 11.1 Å². The van der Waals surface area contributed by atoms with Gasteiger partial charge in [0.15, 0.2) is 0 Å². The van der Waals surface area contributed by atoms with Crippen LogP contribution >= 0.6 is 0 Å². The van der Waals surface area contributed by atoms with Gasteiger partial charge in [-0.2, -0.15) is 0 Å². The molecule has 84 valence electrons. The van der Waals surface area contributed by atoms with Crippen molar-refractivity contribution in [2.24, 2.45) is 0 Å². The van der Waals surface area contributed by atoms with Crippen molar-refractivity contribution in [3.8, 4) is 11.8 Å². The van der Waals surface area contributed by atoms with E-state index in [2.05, 4.69) is 17.2 Å².